The smallest absolute Gasteiger partial charge is 0.250 e. The van der Waals surface area contributed by atoms with Crippen LogP contribution in [-0.2, 0) is 14.0 Å². The van der Waals surface area contributed by atoms with Gasteiger partial charge in [0.25, 0.3) is 0 Å². The number of fused-ring (bicyclic) bond motifs is 1. The number of allylic oxidation sites excluding steroid dienone is 2. The molecule has 0 saturated carbocycles. The highest BCUT2D eigenvalue weighted by Crippen LogP contribution is 2.51. The minimum Gasteiger partial charge on any atom is -0.547 e. The van der Waals surface area contributed by atoms with Crippen molar-refractivity contribution in [3.05, 3.63) is 59.9 Å². The number of anilines is 1. The third kappa shape index (κ3) is 4.74. The molecule has 8 heteroatoms. The number of carbonyl (C=O) groups excluding carboxylic acids is 2. The van der Waals surface area contributed by atoms with Crippen molar-refractivity contribution in [1.82, 2.24) is 0 Å². The molecule has 2 amide bonds. The summed E-state index contributed by atoms with van der Waals surface area (Å²) >= 11 is 0. The van der Waals surface area contributed by atoms with E-state index in [0.717, 1.165) is 11.3 Å². The quantitative estimate of drug-likeness (QED) is 0.332. The van der Waals surface area contributed by atoms with Gasteiger partial charge < -0.3 is 18.6 Å². The second-order valence-corrected chi connectivity index (χ2v) is 15.9. The van der Waals surface area contributed by atoms with Crippen LogP contribution in [0.15, 0.2) is 54.3 Å². The summed E-state index contributed by atoms with van der Waals surface area (Å²) in [6.07, 6.45) is 2.42. The average molecular weight is 524 g/mol. The Labute approximate surface area is 220 Å². The molecule has 2 aliphatic rings. The van der Waals surface area contributed by atoms with Crippen molar-refractivity contribution in [1.29, 1.82) is 0 Å². The number of hydrogen-bond donors (Lipinski definition) is 0. The molecule has 7 nitrogen and oxygen atoms in total. The molecule has 3 atom stereocenters. The fraction of sp³-hybridized carbons (Fsp3) is 0.448. The Bertz CT molecular complexity index is 1190. The molecule has 198 valence electrons. The highest BCUT2D eigenvalue weighted by Gasteiger charge is 2.54. The Balaban J connectivity index is 1.85. The number of imide groups is 1. The van der Waals surface area contributed by atoms with Gasteiger partial charge in [0.1, 0.15) is 0 Å². The molecule has 4 rings (SSSR count). The van der Waals surface area contributed by atoms with Gasteiger partial charge in [-0.1, -0.05) is 39.0 Å². The highest BCUT2D eigenvalue weighted by atomic mass is 28.4. The summed E-state index contributed by atoms with van der Waals surface area (Å²) in [4.78, 5) is 29.0. The van der Waals surface area contributed by atoms with Crippen molar-refractivity contribution >= 4 is 25.8 Å². The first-order chi connectivity index (χ1) is 17.4. The van der Waals surface area contributed by atoms with Crippen LogP contribution in [0.25, 0.3) is 0 Å². The van der Waals surface area contributed by atoms with E-state index in [2.05, 4.69) is 33.9 Å². The van der Waals surface area contributed by atoms with Gasteiger partial charge in [-0.3, -0.25) is 14.5 Å². The lowest BCUT2D eigenvalue weighted by Crippen LogP contribution is -2.41. The van der Waals surface area contributed by atoms with Gasteiger partial charge in [0.2, 0.25) is 25.9 Å². The van der Waals surface area contributed by atoms with Crippen molar-refractivity contribution in [2.75, 3.05) is 26.2 Å². The van der Waals surface area contributed by atoms with Gasteiger partial charge in [-0.05, 0) is 54.0 Å². The zero-order valence-electron chi connectivity index (χ0n) is 23.0. The summed E-state index contributed by atoms with van der Waals surface area (Å²) in [5, 5.41) is -0.0156. The predicted octanol–water partition coefficient (Wildman–Crippen LogP) is 5.91. The number of amides is 2. The molecule has 1 aliphatic carbocycles. The third-order valence-electron chi connectivity index (χ3n) is 7.93. The lowest BCUT2D eigenvalue weighted by atomic mass is 9.73. The van der Waals surface area contributed by atoms with Gasteiger partial charge >= 0.3 is 0 Å². The second kappa shape index (κ2) is 9.89. The average Bonchev–Trinajstić information content (AvgIpc) is 3.11. The summed E-state index contributed by atoms with van der Waals surface area (Å²) in [5.41, 5.74) is 1.39. The van der Waals surface area contributed by atoms with Crippen LogP contribution in [0.1, 0.15) is 38.7 Å². The van der Waals surface area contributed by atoms with Crippen molar-refractivity contribution in [3.8, 4) is 17.2 Å². The van der Waals surface area contributed by atoms with Crippen LogP contribution >= 0.6 is 0 Å². The zero-order valence-corrected chi connectivity index (χ0v) is 24.0. The normalized spacial score (nSPS) is 21.9. The molecule has 0 N–H and O–H groups in total. The minimum absolute atomic E-state index is 0.0156. The fourth-order valence-electron chi connectivity index (χ4n) is 4.94. The van der Waals surface area contributed by atoms with Gasteiger partial charge in [-0.25, -0.2) is 0 Å². The van der Waals surface area contributed by atoms with Crippen molar-refractivity contribution in [2.45, 2.75) is 51.2 Å². The Kier molecular flexibility index (Phi) is 7.16. The Morgan fingerprint density at radius 3 is 2.00 bits per heavy atom. The fourth-order valence-corrected chi connectivity index (χ4v) is 6.05. The first kappa shape index (κ1) is 26.8. The van der Waals surface area contributed by atoms with Gasteiger partial charge in [-0.2, -0.15) is 0 Å². The molecule has 0 spiro atoms. The monoisotopic (exact) mass is 523 g/mol. The minimum atomic E-state index is -2.18. The summed E-state index contributed by atoms with van der Waals surface area (Å²) in [5.74, 6) is 0.337. The summed E-state index contributed by atoms with van der Waals surface area (Å²) < 4.78 is 23.4. The van der Waals surface area contributed by atoms with Crippen molar-refractivity contribution < 1.29 is 28.2 Å². The molecular weight excluding hydrogens is 486 g/mol. The molecule has 1 aliphatic heterocycles. The number of methoxy groups -OCH3 is 3. The molecular formula is C29H37NO6Si. The number of carbonyl (C=O) groups is 2. The van der Waals surface area contributed by atoms with E-state index in [4.69, 9.17) is 18.6 Å². The van der Waals surface area contributed by atoms with E-state index in [1.54, 1.807) is 33.5 Å². The molecule has 37 heavy (non-hydrogen) atoms. The van der Waals surface area contributed by atoms with E-state index in [1.165, 1.54) is 4.90 Å². The van der Waals surface area contributed by atoms with Crippen LogP contribution in [0.2, 0.25) is 18.1 Å². The topological polar surface area (TPSA) is 74.3 Å². The van der Waals surface area contributed by atoms with E-state index in [-0.39, 0.29) is 16.9 Å². The van der Waals surface area contributed by atoms with Crippen LogP contribution in [0.4, 0.5) is 5.69 Å². The van der Waals surface area contributed by atoms with Crippen LogP contribution in [0, 0.1) is 11.8 Å². The van der Waals surface area contributed by atoms with Crippen LogP contribution in [0.5, 0.6) is 17.2 Å². The third-order valence-corrected chi connectivity index (χ3v) is 12.3. The van der Waals surface area contributed by atoms with E-state index < -0.39 is 26.1 Å². The summed E-state index contributed by atoms with van der Waals surface area (Å²) in [6.45, 7) is 10.9. The van der Waals surface area contributed by atoms with Gasteiger partial charge in [0.05, 0.1) is 44.6 Å². The summed E-state index contributed by atoms with van der Waals surface area (Å²) in [6, 6.07) is 12.8. The molecule has 0 unspecified atom stereocenters. The number of para-hydroxylation sites is 1. The van der Waals surface area contributed by atoms with Gasteiger partial charge in [0.15, 0.2) is 11.5 Å². The van der Waals surface area contributed by atoms with Gasteiger partial charge in [-0.15, -0.1) is 0 Å². The SMILES string of the molecule is COc1cc([C@@H]2C=C(O[Si](C)(C)C(C)(C)C)C[C@H]3C(=O)N(c4ccccc4)C(=O)[C@H]32)cc(OC)c1OC. The van der Waals surface area contributed by atoms with Crippen molar-refractivity contribution in [2.24, 2.45) is 11.8 Å². The van der Waals surface area contributed by atoms with E-state index in [1.807, 2.05) is 36.4 Å². The van der Waals surface area contributed by atoms with E-state index >= 15 is 0 Å². The number of nitrogens with zero attached hydrogens (tertiary/aromatic N) is 1. The van der Waals surface area contributed by atoms with Crippen molar-refractivity contribution in [3.63, 3.8) is 0 Å². The first-order valence-corrected chi connectivity index (χ1v) is 15.5. The van der Waals surface area contributed by atoms with Crippen LogP contribution < -0.4 is 19.1 Å². The lowest BCUT2D eigenvalue weighted by Gasteiger charge is -2.40. The Morgan fingerprint density at radius 2 is 1.49 bits per heavy atom. The second-order valence-electron chi connectivity index (χ2n) is 11.2. The van der Waals surface area contributed by atoms with E-state index in [9.17, 15) is 9.59 Å². The maximum atomic E-state index is 13.9. The zero-order chi connectivity index (χ0) is 27.1. The molecule has 2 aromatic carbocycles. The number of rotatable bonds is 7. The number of ether oxygens (including phenoxy) is 3. The largest absolute Gasteiger partial charge is 0.547 e. The van der Waals surface area contributed by atoms with Crippen LogP contribution in [0.3, 0.4) is 0 Å². The molecule has 0 radical (unpaired) electrons. The molecule has 0 aromatic heterocycles. The molecule has 1 heterocycles. The maximum Gasteiger partial charge on any atom is 0.250 e. The molecule has 1 fully saturated rings. The molecule has 0 bridgehead atoms. The maximum absolute atomic E-state index is 13.9. The molecule has 1 saturated heterocycles. The van der Waals surface area contributed by atoms with Gasteiger partial charge in [0, 0.05) is 12.3 Å². The van der Waals surface area contributed by atoms with E-state index in [0.29, 0.717) is 29.4 Å². The lowest BCUT2D eigenvalue weighted by molar-refractivity contribution is -0.122. The van der Waals surface area contributed by atoms with Crippen LogP contribution in [-0.4, -0.2) is 41.5 Å². The Hall–Kier alpha value is -3.26. The first-order valence-electron chi connectivity index (χ1n) is 12.6. The highest BCUT2D eigenvalue weighted by molar-refractivity contribution is 6.74. The standard InChI is InChI=1S/C29H37NO6Si/c1-29(2,3)37(7,8)36-20-16-21(18-14-23(33-4)26(35-6)24(15-18)34-5)25-22(17-20)27(31)30(28(25)32)19-12-10-9-11-13-19/h9-16,21-22,25H,17H2,1-8H3/t21-,22+,25-/m0/s1. The molecule has 2 aromatic rings. The Morgan fingerprint density at radius 1 is 0.892 bits per heavy atom. The summed E-state index contributed by atoms with van der Waals surface area (Å²) in [7, 11) is 2.50. The number of hydrogen-bond acceptors (Lipinski definition) is 6. The number of benzene rings is 2. The predicted molar refractivity (Wildman–Crippen MR) is 146 cm³/mol.